The number of esters is 1. The minimum atomic E-state index is -0.899. The van der Waals surface area contributed by atoms with E-state index in [2.05, 4.69) is 10.6 Å². The summed E-state index contributed by atoms with van der Waals surface area (Å²) in [6.45, 7) is 4.00. The Morgan fingerprint density at radius 3 is 2.26 bits per heavy atom. The summed E-state index contributed by atoms with van der Waals surface area (Å²) in [5.74, 6) is -0.627. The van der Waals surface area contributed by atoms with Crippen LogP contribution < -0.4 is 15.4 Å². The molecule has 0 aliphatic carbocycles. The van der Waals surface area contributed by atoms with Crippen LogP contribution in [0.15, 0.2) is 103 Å². The highest BCUT2D eigenvalue weighted by molar-refractivity contribution is 6.12. The normalized spacial score (nSPS) is 11.7. The second-order valence-electron chi connectivity index (χ2n) is 10.5. The molecule has 0 radical (unpaired) electrons. The molecule has 0 aliphatic heterocycles. The van der Waals surface area contributed by atoms with Crippen LogP contribution in [0.2, 0.25) is 0 Å². The molecule has 0 bridgehead atoms. The predicted molar refractivity (Wildman–Crippen MR) is 164 cm³/mol. The second-order valence-corrected chi connectivity index (χ2v) is 10.5. The minimum absolute atomic E-state index is 0.150. The molecule has 4 rings (SSSR count). The number of nitrogens with one attached hydrogen (secondary N) is 2. The predicted octanol–water partition coefficient (Wildman–Crippen LogP) is 5.73. The molecule has 0 spiro atoms. The molecule has 7 nitrogen and oxygen atoms in total. The van der Waals surface area contributed by atoms with Gasteiger partial charge in [0.2, 0.25) is 5.91 Å². The molecule has 0 heterocycles. The zero-order valence-corrected chi connectivity index (χ0v) is 24.4. The number of hydrogen-bond acceptors (Lipinski definition) is 6. The van der Waals surface area contributed by atoms with E-state index in [1.54, 1.807) is 86.6 Å². The first-order valence-electron chi connectivity index (χ1n) is 14.0. The van der Waals surface area contributed by atoms with Gasteiger partial charge < -0.3 is 20.1 Å². The lowest BCUT2D eigenvalue weighted by Crippen LogP contribution is -2.41. The van der Waals surface area contributed by atoms with Crippen molar-refractivity contribution in [3.8, 4) is 5.75 Å². The van der Waals surface area contributed by atoms with E-state index in [1.165, 1.54) is 19.2 Å². The number of ketones is 1. The van der Waals surface area contributed by atoms with Crippen molar-refractivity contribution in [2.75, 3.05) is 25.6 Å². The van der Waals surface area contributed by atoms with Gasteiger partial charge in [-0.1, -0.05) is 66.7 Å². The maximum Gasteiger partial charge on any atom is 0.328 e. The van der Waals surface area contributed by atoms with Gasteiger partial charge in [0.25, 0.3) is 0 Å². The lowest BCUT2D eigenvalue weighted by Gasteiger charge is -2.24. The molecule has 4 aromatic rings. The fraction of sp³-hybridized carbons (Fsp3) is 0.229. The van der Waals surface area contributed by atoms with E-state index in [9.17, 15) is 18.8 Å². The number of amides is 1. The van der Waals surface area contributed by atoms with Gasteiger partial charge in [-0.25, -0.2) is 9.18 Å². The van der Waals surface area contributed by atoms with Gasteiger partial charge in [-0.3, -0.25) is 9.59 Å². The van der Waals surface area contributed by atoms with Gasteiger partial charge in [-0.15, -0.1) is 0 Å². The maximum absolute atomic E-state index is 13.6. The second kappa shape index (κ2) is 14.3. The van der Waals surface area contributed by atoms with Crippen LogP contribution >= 0.6 is 0 Å². The molecule has 8 heteroatoms. The van der Waals surface area contributed by atoms with Crippen LogP contribution in [-0.2, 0) is 26.2 Å². The zero-order chi connectivity index (χ0) is 30.8. The average Bonchev–Trinajstić information content (AvgIpc) is 3.03. The van der Waals surface area contributed by atoms with Crippen LogP contribution in [0, 0.1) is 5.82 Å². The summed E-state index contributed by atoms with van der Waals surface area (Å²) in [5, 5.41) is 6.05. The summed E-state index contributed by atoms with van der Waals surface area (Å²) in [6.07, 6.45) is 0.312. The molecule has 2 N–H and O–H groups in total. The number of carbonyl (C=O) groups is 3. The van der Waals surface area contributed by atoms with E-state index in [4.69, 9.17) is 9.47 Å². The van der Waals surface area contributed by atoms with Crippen molar-refractivity contribution in [3.05, 3.63) is 131 Å². The third-order valence-corrected chi connectivity index (χ3v) is 7.16. The van der Waals surface area contributed by atoms with Crippen LogP contribution in [0.25, 0.3) is 0 Å². The largest absolute Gasteiger partial charge is 0.492 e. The summed E-state index contributed by atoms with van der Waals surface area (Å²) in [4.78, 5) is 38.6. The molecule has 4 aromatic carbocycles. The van der Waals surface area contributed by atoms with Crippen molar-refractivity contribution < 1.29 is 28.2 Å². The number of methoxy groups -OCH3 is 1. The Morgan fingerprint density at radius 1 is 0.860 bits per heavy atom. The van der Waals surface area contributed by atoms with E-state index in [-0.39, 0.29) is 30.7 Å². The first-order valence-corrected chi connectivity index (χ1v) is 14.0. The van der Waals surface area contributed by atoms with E-state index >= 15 is 0 Å². The summed E-state index contributed by atoms with van der Waals surface area (Å²) in [5.41, 5.74) is 2.09. The van der Waals surface area contributed by atoms with Crippen LogP contribution in [0.4, 0.5) is 10.1 Å². The molecular formula is C35H35FN2O5. The average molecular weight is 583 g/mol. The standard InChI is InChI=1S/C35H35FN2O5/c1-35(2,26-12-9-13-27(36)23-26)34(41)37-20-21-43-28-18-16-24(17-19-28)22-31(33(40)42-3)38-30-15-8-7-14-29(30)32(39)25-10-5-4-6-11-25/h4-19,23,31,38H,20-22H2,1-3H3,(H,37,41). The van der Waals surface area contributed by atoms with E-state index in [1.807, 2.05) is 18.2 Å². The first-order chi connectivity index (χ1) is 20.7. The van der Waals surface area contributed by atoms with Crippen LogP contribution in [0.3, 0.4) is 0 Å². The molecular weight excluding hydrogens is 547 g/mol. The quantitative estimate of drug-likeness (QED) is 0.119. The summed E-state index contributed by atoms with van der Waals surface area (Å²) in [7, 11) is 1.33. The van der Waals surface area contributed by atoms with Gasteiger partial charge in [0.15, 0.2) is 5.78 Å². The third kappa shape index (κ3) is 8.07. The van der Waals surface area contributed by atoms with Crippen molar-refractivity contribution >= 4 is 23.3 Å². The minimum Gasteiger partial charge on any atom is -0.492 e. The molecule has 0 saturated carbocycles. The lowest BCUT2D eigenvalue weighted by atomic mass is 9.83. The number of halogens is 1. The van der Waals surface area contributed by atoms with Gasteiger partial charge in [0.05, 0.1) is 19.1 Å². The molecule has 0 saturated heterocycles. The van der Waals surface area contributed by atoms with Crippen molar-refractivity contribution in [1.82, 2.24) is 5.32 Å². The number of rotatable bonds is 13. The van der Waals surface area contributed by atoms with E-state index < -0.39 is 17.4 Å². The fourth-order valence-electron chi connectivity index (χ4n) is 4.60. The van der Waals surface area contributed by atoms with E-state index in [0.29, 0.717) is 34.5 Å². The Bertz CT molecular complexity index is 1550. The fourth-order valence-corrected chi connectivity index (χ4v) is 4.60. The highest BCUT2D eigenvalue weighted by Crippen LogP contribution is 2.24. The van der Waals surface area contributed by atoms with Gasteiger partial charge >= 0.3 is 5.97 Å². The van der Waals surface area contributed by atoms with Crippen LogP contribution in [0.5, 0.6) is 5.75 Å². The third-order valence-electron chi connectivity index (χ3n) is 7.16. The Balaban J connectivity index is 1.34. The van der Waals surface area contributed by atoms with Crippen molar-refractivity contribution in [2.24, 2.45) is 0 Å². The van der Waals surface area contributed by atoms with Crippen molar-refractivity contribution in [2.45, 2.75) is 31.7 Å². The number of benzene rings is 4. The van der Waals surface area contributed by atoms with Gasteiger partial charge in [0.1, 0.15) is 24.2 Å². The summed E-state index contributed by atoms with van der Waals surface area (Å²) in [6, 6.07) is 28.6. The Morgan fingerprint density at radius 2 is 1.56 bits per heavy atom. The number of carbonyl (C=O) groups excluding carboxylic acids is 3. The molecule has 0 fully saturated rings. The molecule has 222 valence electrons. The van der Waals surface area contributed by atoms with Crippen LogP contribution in [0.1, 0.15) is 40.9 Å². The zero-order valence-electron chi connectivity index (χ0n) is 24.4. The first kappa shape index (κ1) is 31.0. The smallest absolute Gasteiger partial charge is 0.328 e. The van der Waals surface area contributed by atoms with Crippen molar-refractivity contribution in [1.29, 1.82) is 0 Å². The number of hydrogen-bond donors (Lipinski definition) is 2. The highest BCUT2D eigenvalue weighted by atomic mass is 19.1. The Labute approximate surface area is 251 Å². The lowest BCUT2D eigenvalue weighted by molar-refractivity contribution is -0.141. The number of anilines is 1. The Hall–Kier alpha value is -4.98. The topological polar surface area (TPSA) is 93.7 Å². The molecule has 1 amide bonds. The maximum atomic E-state index is 13.6. The number of para-hydroxylation sites is 1. The highest BCUT2D eigenvalue weighted by Gasteiger charge is 2.29. The van der Waals surface area contributed by atoms with Gasteiger partial charge in [-0.2, -0.15) is 0 Å². The molecule has 0 aromatic heterocycles. The monoisotopic (exact) mass is 582 g/mol. The van der Waals surface area contributed by atoms with Gasteiger partial charge in [0, 0.05) is 23.2 Å². The van der Waals surface area contributed by atoms with E-state index in [0.717, 1.165) is 5.56 Å². The molecule has 0 aliphatic rings. The molecule has 1 atom stereocenters. The Kier molecular flexibility index (Phi) is 10.3. The molecule has 1 unspecified atom stereocenters. The number of ether oxygens (including phenoxy) is 2. The summed E-state index contributed by atoms with van der Waals surface area (Å²) < 4.78 is 24.4. The summed E-state index contributed by atoms with van der Waals surface area (Å²) >= 11 is 0. The molecule has 43 heavy (non-hydrogen) atoms. The van der Waals surface area contributed by atoms with Gasteiger partial charge in [-0.05, 0) is 61.4 Å². The van der Waals surface area contributed by atoms with Crippen LogP contribution in [-0.4, -0.2) is 44.0 Å². The van der Waals surface area contributed by atoms with Crippen molar-refractivity contribution in [3.63, 3.8) is 0 Å². The SMILES string of the molecule is COC(=O)C(Cc1ccc(OCCNC(=O)C(C)(C)c2cccc(F)c2)cc1)Nc1ccccc1C(=O)c1ccccc1.